The van der Waals surface area contributed by atoms with Crippen molar-refractivity contribution in [3.8, 4) is 11.1 Å². The van der Waals surface area contributed by atoms with E-state index in [-0.39, 0.29) is 0 Å². The van der Waals surface area contributed by atoms with Gasteiger partial charge >= 0.3 is 0 Å². The number of rotatable bonds is 1. The highest BCUT2D eigenvalue weighted by Crippen LogP contribution is 2.28. The molecule has 2 heterocycles. The molecule has 17 heavy (non-hydrogen) atoms. The number of aromatic nitrogens is 3. The molecule has 0 atom stereocenters. The first-order valence-corrected chi connectivity index (χ1v) is 5.42. The molecule has 0 aliphatic rings. The van der Waals surface area contributed by atoms with Gasteiger partial charge in [-0.1, -0.05) is 30.3 Å². The van der Waals surface area contributed by atoms with Crippen LogP contribution in [0.1, 0.15) is 5.69 Å². The van der Waals surface area contributed by atoms with E-state index < -0.39 is 0 Å². The molecular weight excluding hydrogens is 212 g/mol. The third-order valence-electron chi connectivity index (χ3n) is 2.86. The zero-order valence-electron chi connectivity index (χ0n) is 9.46. The number of fused-ring (bicyclic) bond motifs is 1. The maximum atomic E-state index is 6.03. The van der Waals surface area contributed by atoms with Crippen molar-refractivity contribution in [2.24, 2.45) is 0 Å². The van der Waals surface area contributed by atoms with E-state index in [4.69, 9.17) is 5.73 Å². The SMILES string of the molecule is Cc1c(-c2ccccc2)c(N)nc2ccnn12. The standard InChI is InChI=1S/C13H12N4/c1-9-12(10-5-3-2-4-6-10)13(14)16-11-7-8-15-17(9)11/h2-8H,1H3,(H2,14,16). The monoisotopic (exact) mass is 224 g/mol. The first kappa shape index (κ1) is 9.84. The maximum Gasteiger partial charge on any atom is 0.157 e. The van der Waals surface area contributed by atoms with Gasteiger partial charge in [-0.05, 0) is 12.5 Å². The number of benzene rings is 1. The average molecular weight is 224 g/mol. The molecule has 0 amide bonds. The number of nitrogens with two attached hydrogens (primary N) is 1. The Kier molecular flexibility index (Phi) is 2.08. The zero-order chi connectivity index (χ0) is 11.8. The number of hydrogen-bond donors (Lipinski definition) is 1. The highest BCUT2D eigenvalue weighted by atomic mass is 15.3. The number of anilines is 1. The van der Waals surface area contributed by atoms with Gasteiger partial charge in [-0.2, -0.15) is 5.10 Å². The topological polar surface area (TPSA) is 56.2 Å². The van der Waals surface area contributed by atoms with Gasteiger partial charge in [0.15, 0.2) is 5.65 Å². The van der Waals surface area contributed by atoms with E-state index in [1.165, 1.54) is 0 Å². The second-order valence-electron chi connectivity index (χ2n) is 3.92. The number of aryl methyl sites for hydroxylation is 1. The van der Waals surface area contributed by atoms with E-state index in [1.54, 1.807) is 10.7 Å². The number of hydrogen-bond acceptors (Lipinski definition) is 3. The quantitative estimate of drug-likeness (QED) is 0.690. The van der Waals surface area contributed by atoms with Crippen molar-refractivity contribution in [1.82, 2.24) is 14.6 Å². The van der Waals surface area contributed by atoms with Gasteiger partial charge in [0.1, 0.15) is 5.82 Å². The van der Waals surface area contributed by atoms with Gasteiger partial charge in [0.05, 0.1) is 11.9 Å². The number of nitrogens with zero attached hydrogens (tertiary/aromatic N) is 3. The molecule has 3 aromatic rings. The minimum Gasteiger partial charge on any atom is -0.383 e. The summed E-state index contributed by atoms with van der Waals surface area (Å²) in [7, 11) is 0. The van der Waals surface area contributed by atoms with Gasteiger partial charge in [-0.25, -0.2) is 9.50 Å². The van der Waals surface area contributed by atoms with Crippen molar-refractivity contribution in [3.63, 3.8) is 0 Å². The second-order valence-corrected chi connectivity index (χ2v) is 3.92. The van der Waals surface area contributed by atoms with Crippen molar-refractivity contribution in [1.29, 1.82) is 0 Å². The Balaban J connectivity index is 2.36. The van der Waals surface area contributed by atoms with E-state index in [0.29, 0.717) is 5.82 Å². The van der Waals surface area contributed by atoms with Gasteiger partial charge < -0.3 is 5.73 Å². The van der Waals surface area contributed by atoms with E-state index in [2.05, 4.69) is 10.1 Å². The molecule has 1 aromatic carbocycles. The third kappa shape index (κ3) is 1.45. The van der Waals surface area contributed by atoms with Gasteiger partial charge in [0.25, 0.3) is 0 Å². The van der Waals surface area contributed by atoms with Gasteiger partial charge in [0, 0.05) is 11.6 Å². The Morgan fingerprint density at radius 2 is 1.88 bits per heavy atom. The smallest absolute Gasteiger partial charge is 0.157 e. The minimum absolute atomic E-state index is 0.543. The molecule has 0 radical (unpaired) electrons. The molecule has 2 aromatic heterocycles. The fourth-order valence-electron chi connectivity index (χ4n) is 2.07. The van der Waals surface area contributed by atoms with Crippen LogP contribution in [0.25, 0.3) is 16.8 Å². The Hall–Kier alpha value is -2.36. The summed E-state index contributed by atoms with van der Waals surface area (Å²) in [6, 6.07) is 11.8. The van der Waals surface area contributed by atoms with Crippen LogP contribution in [0, 0.1) is 6.92 Å². The molecule has 0 spiro atoms. The van der Waals surface area contributed by atoms with Crippen LogP contribution in [0.15, 0.2) is 42.6 Å². The van der Waals surface area contributed by atoms with Gasteiger partial charge in [-0.15, -0.1) is 0 Å². The molecule has 4 heteroatoms. The molecule has 0 saturated carbocycles. The summed E-state index contributed by atoms with van der Waals surface area (Å²) < 4.78 is 1.80. The highest BCUT2D eigenvalue weighted by molar-refractivity contribution is 5.77. The molecule has 0 aliphatic carbocycles. The van der Waals surface area contributed by atoms with Crippen LogP contribution in [0.4, 0.5) is 5.82 Å². The van der Waals surface area contributed by atoms with Crippen LogP contribution in [-0.2, 0) is 0 Å². The molecule has 4 nitrogen and oxygen atoms in total. The van der Waals surface area contributed by atoms with Crippen molar-refractivity contribution in [2.45, 2.75) is 6.92 Å². The normalized spacial score (nSPS) is 10.9. The molecule has 84 valence electrons. The first-order valence-electron chi connectivity index (χ1n) is 5.42. The summed E-state index contributed by atoms with van der Waals surface area (Å²) in [6.07, 6.45) is 1.73. The van der Waals surface area contributed by atoms with E-state index >= 15 is 0 Å². The van der Waals surface area contributed by atoms with Crippen molar-refractivity contribution in [2.75, 3.05) is 5.73 Å². The summed E-state index contributed by atoms with van der Waals surface area (Å²) in [4.78, 5) is 4.35. The van der Waals surface area contributed by atoms with Crippen LogP contribution in [-0.4, -0.2) is 14.6 Å². The molecule has 3 rings (SSSR count). The highest BCUT2D eigenvalue weighted by Gasteiger charge is 2.11. The maximum absolute atomic E-state index is 6.03. The summed E-state index contributed by atoms with van der Waals surface area (Å²) >= 11 is 0. The first-order chi connectivity index (χ1) is 8.27. The number of nitrogen functional groups attached to an aromatic ring is 1. The van der Waals surface area contributed by atoms with E-state index in [9.17, 15) is 0 Å². The third-order valence-corrected chi connectivity index (χ3v) is 2.86. The molecule has 0 saturated heterocycles. The lowest BCUT2D eigenvalue weighted by molar-refractivity contribution is 0.900. The van der Waals surface area contributed by atoms with Crippen LogP contribution in [0.5, 0.6) is 0 Å². The lowest BCUT2D eigenvalue weighted by Crippen LogP contribution is -2.04. The van der Waals surface area contributed by atoms with Crippen LogP contribution >= 0.6 is 0 Å². The van der Waals surface area contributed by atoms with Crippen molar-refractivity contribution in [3.05, 3.63) is 48.3 Å². The Morgan fingerprint density at radius 1 is 1.12 bits per heavy atom. The molecular formula is C13H12N4. The Morgan fingerprint density at radius 3 is 2.65 bits per heavy atom. The lowest BCUT2D eigenvalue weighted by Gasteiger charge is -2.10. The predicted octanol–water partition coefficient (Wildman–Crippen LogP) is 2.29. The van der Waals surface area contributed by atoms with Crippen molar-refractivity contribution < 1.29 is 0 Å². The van der Waals surface area contributed by atoms with Crippen molar-refractivity contribution >= 4 is 11.5 Å². The van der Waals surface area contributed by atoms with E-state index in [0.717, 1.165) is 22.5 Å². The van der Waals surface area contributed by atoms with Crippen LogP contribution in [0.2, 0.25) is 0 Å². The Labute approximate surface area is 98.7 Å². The summed E-state index contributed by atoms with van der Waals surface area (Å²) in [5, 5.41) is 4.24. The predicted molar refractivity (Wildman–Crippen MR) is 67.6 cm³/mol. The zero-order valence-corrected chi connectivity index (χ0v) is 9.46. The van der Waals surface area contributed by atoms with Crippen LogP contribution in [0.3, 0.4) is 0 Å². The largest absolute Gasteiger partial charge is 0.383 e. The average Bonchev–Trinajstić information content (AvgIpc) is 2.78. The molecule has 0 fully saturated rings. The minimum atomic E-state index is 0.543. The fourth-order valence-corrected chi connectivity index (χ4v) is 2.07. The Bertz CT molecular complexity index is 670. The summed E-state index contributed by atoms with van der Waals surface area (Å²) in [5.41, 5.74) is 9.82. The molecule has 0 bridgehead atoms. The van der Waals surface area contributed by atoms with Gasteiger partial charge in [0.2, 0.25) is 0 Å². The second kappa shape index (κ2) is 3.59. The van der Waals surface area contributed by atoms with Crippen LogP contribution < -0.4 is 5.73 Å². The molecule has 0 aliphatic heterocycles. The van der Waals surface area contributed by atoms with E-state index in [1.807, 2.05) is 43.3 Å². The summed E-state index contributed by atoms with van der Waals surface area (Å²) in [5.74, 6) is 0.543. The summed E-state index contributed by atoms with van der Waals surface area (Å²) in [6.45, 7) is 2.00. The fraction of sp³-hybridized carbons (Fsp3) is 0.0769. The van der Waals surface area contributed by atoms with Gasteiger partial charge in [-0.3, -0.25) is 0 Å². The molecule has 0 unspecified atom stereocenters. The lowest BCUT2D eigenvalue weighted by atomic mass is 10.1. The molecule has 2 N–H and O–H groups in total.